The van der Waals surface area contributed by atoms with E-state index in [1.807, 2.05) is 0 Å². The first-order valence-electron chi connectivity index (χ1n) is 12.8. The largest absolute Gasteiger partial charge is 0.378 e. The Labute approximate surface area is 238 Å². The molecule has 1 unspecified atom stereocenters. The van der Waals surface area contributed by atoms with Crippen LogP contribution in [0, 0.1) is 0 Å². The summed E-state index contributed by atoms with van der Waals surface area (Å²) in [6.07, 6.45) is 0.100. The summed E-state index contributed by atoms with van der Waals surface area (Å²) >= 11 is 0. The molecule has 0 radical (unpaired) electrons. The average molecular weight is 586 g/mol. The molecule has 1 saturated heterocycles. The van der Waals surface area contributed by atoms with Crippen molar-refractivity contribution >= 4 is 47.6 Å². The molecular formula is C25H36ClN5O9. The van der Waals surface area contributed by atoms with Crippen LogP contribution in [0.4, 0.5) is 5.69 Å². The van der Waals surface area contributed by atoms with Crippen LogP contribution in [0.3, 0.4) is 0 Å². The molecule has 14 nitrogen and oxygen atoms in total. The Morgan fingerprint density at radius 2 is 1.55 bits per heavy atom. The second kappa shape index (κ2) is 17.5. The molecule has 1 aromatic rings. The van der Waals surface area contributed by atoms with E-state index < -0.39 is 29.7 Å². The summed E-state index contributed by atoms with van der Waals surface area (Å²) in [7, 11) is 0. The smallest absolute Gasteiger partial charge is 0.264 e. The van der Waals surface area contributed by atoms with E-state index in [0.717, 1.165) is 4.90 Å². The van der Waals surface area contributed by atoms with Crippen molar-refractivity contribution in [1.82, 2.24) is 15.5 Å². The van der Waals surface area contributed by atoms with Gasteiger partial charge in [0.05, 0.1) is 70.5 Å². The zero-order valence-corrected chi connectivity index (χ0v) is 22.9. The van der Waals surface area contributed by atoms with Gasteiger partial charge < -0.3 is 35.3 Å². The standard InChI is InChI=1S/C25H35N5O9.ClH/c26-6-8-36-10-12-38-14-15-39-13-11-37-9-7-27-21(32)16-28-18-3-1-2-17-22(18)25(35)30(24(17)34)19-4-5-20(31)29-23(19)33;/h1-3,19,28H,4-16,26H2,(H,27,32)(H,29,31,33);1H. The van der Waals surface area contributed by atoms with Crippen LogP contribution in [-0.4, -0.2) is 113 Å². The number of hydrogen-bond acceptors (Lipinski definition) is 11. The molecule has 5 N–H and O–H groups in total. The molecule has 3 rings (SSSR count). The maximum atomic E-state index is 13.1. The molecule has 2 heterocycles. The van der Waals surface area contributed by atoms with Gasteiger partial charge in [-0.25, -0.2) is 0 Å². The monoisotopic (exact) mass is 585 g/mol. The number of amides is 5. The lowest BCUT2D eigenvalue weighted by Gasteiger charge is -2.27. The highest BCUT2D eigenvalue weighted by Crippen LogP contribution is 2.32. The predicted octanol–water partition coefficient (Wildman–Crippen LogP) is -0.937. The van der Waals surface area contributed by atoms with E-state index in [0.29, 0.717) is 65.1 Å². The van der Waals surface area contributed by atoms with Crippen molar-refractivity contribution in [3.05, 3.63) is 29.3 Å². The number of halogens is 1. The third-order valence-corrected chi connectivity index (χ3v) is 5.85. The fourth-order valence-corrected chi connectivity index (χ4v) is 4.01. The van der Waals surface area contributed by atoms with Gasteiger partial charge in [0.1, 0.15) is 6.04 Å². The number of benzene rings is 1. The third kappa shape index (κ3) is 9.50. The van der Waals surface area contributed by atoms with Gasteiger partial charge in [-0.15, -0.1) is 12.4 Å². The van der Waals surface area contributed by atoms with E-state index in [1.165, 1.54) is 6.07 Å². The molecule has 2 aliphatic rings. The van der Waals surface area contributed by atoms with Crippen molar-refractivity contribution in [3.8, 4) is 0 Å². The molecule has 0 aromatic heterocycles. The number of nitrogens with one attached hydrogen (secondary N) is 3. The number of fused-ring (bicyclic) bond motifs is 1. The molecule has 5 amide bonds. The molecule has 0 spiro atoms. The first kappa shape index (κ1) is 33.1. The number of carbonyl (C=O) groups excluding carboxylic acids is 5. The van der Waals surface area contributed by atoms with Crippen LogP contribution in [0.25, 0.3) is 0 Å². The quantitative estimate of drug-likeness (QED) is 0.123. The molecule has 0 aliphatic carbocycles. The fraction of sp³-hybridized carbons (Fsp3) is 0.560. The maximum absolute atomic E-state index is 13.1. The van der Waals surface area contributed by atoms with Crippen LogP contribution < -0.4 is 21.7 Å². The van der Waals surface area contributed by atoms with Crippen molar-refractivity contribution in [2.45, 2.75) is 18.9 Å². The van der Waals surface area contributed by atoms with Crippen LogP contribution in [0.1, 0.15) is 33.6 Å². The van der Waals surface area contributed by atoms with Crippen molar-refractivity contribution in [3.63, 3.8) is 0 Å². The lowest BCUT2D eigenvalue weighted by molar-refractivity contribution is -0.136. The van der Waals surface area contributed by atoms with Gasteiger partial charge in [-0.3, -0.25) is 34.2 Å². The third-order valence-electron chi connectivity index (χ3n) is 5.85. The molecular weight excluding hydrogens is 550 g/mol. The molecule has 1 fully saturated rings. The lowest BCUT2D eigenvalue weighted by Crippen LogP contribution is -2.54. The number of piperidine rings is 1. The number of nitrogens with zero attached hydrogens (tertiary/aromatic N) is 1. The fourth-order valence-electron chi connectivity index (χ4n) is 4.01. The van der Waals surface area contributed by atoms with E-state index >= 15 is 0 Å². The van der Waals surface area contributed by atoms with Crippen molar-refractivity contribution < 1.29 is 42.9 Å². The Kier molecular flexibility index (Phi) is 14.5. The summed E-state index contributed by atoms with van der Waals surface area (Å²) in [5.41, 5.74) is 5.84. The SMILES string of the molecule is Cl.NCCOCCOCCOCCOCCNC(=O)CNc1cccc2c1C(=O)N(C1CCC(=O)NC1=O)C2=O. The molecule has 1 atom stereocenters. The highest BCUT2D eigenvalue weighted by atomic mass is 35.5. The first-order chi connectivity index (χ1) is 18.9. The average Bonchev–Trinajstić information content (AvgIpc) is 3.17. The maximum Gasteiger partial charge on any atom is 0.264 e. The molecule has 0 saturated carbocycles. The number of anilines is 1. The summed E-state index contributed by atoms with van der Waals surface area (Å²) in [5, 5.41) is 7.74. The van der Waals surface area contributed by atoms with Gasteiger partial charge >= 0.3 is 0 Å². The van der Waals surface area contributed by atoms with Gasteiger partial charge in [-0.2, -0.15) is 0 Å². The number of ether oxygens (including phenoxy) is 4. The lowest BCUT2D eigenvalue weighted by atomic mass is 10.0. The number of carbonyl (C=O) groups is 5. The van der Waals surface area contributed by atoms with Crippen LogP contribution in [0.2, 0.25) is 0 Å². The normalized spacial score (nSPS) is 16.4. The topological polar surface area (TPSA) is 188 Å². The molecule has 0 bridgehead atoms. The van der Waals surface area contributed by atoms with E-state index in [2.05, 4.69) is 16.0 Å². The number of imide groups is 2. The molecule has 40 heavy (non-hydrogen) atoms. The summed E-state index contributed by atoms with van der Waals surface area (Å²) in [6, 6.07) is 3.59. The van der Waals surface area contributed by atoms with Crippen LogP contribution in [0.15, 0.2) is 18.2 Å². The number of hydrogen-bond donors (Lipinski definition) is 4. The van der Waals surface area contributed by atoms with Crippen molar-refractivity contribution in [2.75, 3.05) is 77.8 Å². The Morgan fingerprint density at radius 3 is 2.17 bits per heavy atom. The minimum absolute atomic E-state index is 0. The van der Waals surface area contributed by atoms with Gasteiger partial charge in [-0.05, 0) is 18.6 Å². The summed E-state index contributed by atoms with van der Waals surface area (Å²) in [6.45, 7) is 4.05. The highest BCUT2D eigenvalue weighted by molar-refractivity contribution is 6.25. The Balaban J connectivity index is 0.00000560. The van der Waals surface area contributed by atoms with Gasteiger partial charge in [-0.1, -0.05) is 6.07 Å². The molecule has 15 heteroatoms. The molecule has 222 valence electrons. The van der Waals surface area contributed by atoms with Gasteiger partial charge in [0.2, 0.25) is 17.7 Å². The first-order valence-corrected chi connectivity index (χ1v) is 12.8. The van der Waals surface area contributed by atoms with E-state index in [1.54, 1.807) is 12.1 Å². The summed E-state index contributed by atoms with van der Waals surface area (Å²) in [5.74, 6) is -2.72. The minimum Gasteiger partial charge on any atom is -0.378 e. The Bertz CT molecular complexity index is 1040. The highest BCUT2D eigenvalue weighted by Gasteiger charge is 2.45. The Hall–Kier alpha value is -3.14. The Morgan fingerprint density at radius 1 is 0.925 bits per heavy atom. The summed E-state index contributed by atoms with van der Waals surface area (Å²) in [4.78, 5) is 62.7. The second-order valence-corrected chi connectivity index (χ2v) is 8.62. The number of rotatable bonds is 18. The zero-order valence-electron chi connectivity index (χ0n) is 22.1. The second-order valence-electron chi connectivity index (χ2n) is 8.62. The van der Waals surface area contributed by atoms with Crippen LogP contribution in [0.5, 0.6) is 0 Å². The molecule has 1 aromatic carbocycles. The van der Waals surface area contributed by atoms with Crippen LogP contribution >= 0.6 is 12.4 Å². The minimum atomic E-state index is -1.06. The van der Waals surface area contributed by atoms with Gasteiger partial charge in [0.15, 0.2) is 0 Å². The van der Waals surface area contributed by atoms with Crippen molar-refractivity contribution in [1.29, 1.82) is 0 Å². The van der Waals surface area contributed by atoms with E-state index in [4.69, 9.17) is 24.7 Å². The van der Waals surface area contributed by atoms with E-state index in [-0.39, 0.29) is 55.4 Å². The van der Waals surface area contributed by atoms with Crippen molar-refractivity contribution in [2.24, 2.45) is 5.73 Å². The summed E-state index contributed by atoms with van der Waals surface area (Å²) < 4.78 is 21.3. The van der Waals surface area contributed by atoms with Crippen LogP contribution in [-0.2, 0) is 33.3 Å². The zero-order chi connectivity index (χ0) is 28.0. The van der Waals surface area contributed by atoms with Gasteiger partial charge in [0.25, 0.3) is 11.8 Å². The number of nitrogens with two attached hydrogens (primary N) is 1. The predicted molar refractivity (Wildman–Crippen MR) is 144 cm³/mol. The van der Waals surface area contributed by atoms with Gasteiger partial charge in [0, 0.05) is 25.2 Å². The molecule has 2 aliphatic heterocycles. The van der Waals surface area contributed by atoms with E-state index in [9.17, 15) is 24.0 Å².